The molecule has 1 aliphatic rings. The summed E-state index contributed by atoms with van der Waals surface area (Å²) in [7, 11) is 0. The van der Waals surface area contributed by atoms with Crippen LogP contribution in [0.5, 0.6) is 0 Å². The molecule has 3 nitrogen and oxygen atoms in total. The van der Waals surface area contributed by atoms with E-state index in [1.54, 1.807) is 0 Å². The first kappa shape index (κ1) is 9.45. The maximum absolute atomic E-state index is 13.3. The fourth-order valence-electron chi connectivity index (χ4n) is 1.19. The number of hydrogen-bond donors (Lipinski definition) is 1. The minimum Gasteiger partial charge on any atom is -0.367 e. The monoisotopic (exact) mass is 174 g/mol. The average Bonchev–Trinajstić information content (AvgIpc) is 1.77. The van der Waals surface area contributed by atoms with E-state index in [2.05, 4.69) is 0 Å². The summed E-state index contributed by atoms with van der Waals surface area (Å²) in [4.78, 5) is 12.5. The molecular weight excluding hydrogens is 159 g/mol. The SMILES string of the molecule is CC(C)(C)N1CC(F)(C(N)=O)C1. The number of nitrogens with two attached hydrogens (primary N) is 1. The second-order valence-electron chi connectivity index (χ2n) is 4.36. The lowest BCUT2D eigenvalue weighted by Crippen LogP contribution is -2.69. The van der Waals surface area contributed by atoms with E-state index in [9.17, 15) is 9.18 Å². The van der Waals surface area contributed by atoms with Gasteiger partial charge < -0.3 is 5.73 Å². The van der Waals surface area contributed by atoms with E-state index < -0.39 is 11.6 Å². The van der Waals surface area contributed by atoms with Crippen LogP contribution in [0.15, 0.2) is 0 Å². The molecule has 0 atom stereocenters. The Balaban J connectivity index is 2.53. The van der Waals surface area contributed by atoms with Crippen molar-refractivity contribution in [3.8, 4) is 0 Å². The number of likely N-dealkylation sites (tertiary alicyclic amines) is 1. The molecule has 0 radical (unpaired) electrons. The first-order chi connectivity index (χ1) is 5.26. The number of carbonyl (C=O) groups excluding carboxylic acids is 1. The van der Waals surface area contributed by atoms with Crippen molar-refractivity contribution in [1.82, 2.24) is 4.90 Å². The largest absolute Gasteiger partial charge is 0.367 e. The van der Waals surface area contributed by atoms with Gasteiger partial charge >= 0.3 is 0 Å². The Bertz CT molecular complexity index is 204. The Morgan fingerprint density at radius 3 is 2.17 bits per heavy atom. The van der Waals surface area contributed by atoms with Crippen molar-refractivity contribution < 1.29 is 9.18 Å². The summed E-state index contributed by atoms with van der Waals surface area (Å²) in [5.41, 5.74) is 3.03. The van der Waals surface area contributed by atoms with Crippen LogP contribution in [0.25, 0.3) is 0 Å². The van der Waals surface area contributed by atoms with Gasteiger partial charge in [-0.3, -0.25) is 9.69 Å². The molecule has 0 aromatic heterocycles. The Morgan fingerprint density at radius 1 is 1.50 bits per heavy atom. The standard InChI is InChI=1S/C8H15FN2O/c1-7(2,3)11-4-8(9,5-11)6(10)12/h4-5H2,1-3H3,(H2,10,12). The van der Waals surface area contributed by atoms with Gasteiger partial charge in [-0.25, -0.2) is 4.39 Å². The molecule has 12 heavy (non-hydrogen) atoms. The van der Waals surface area contributed by atoms with Crippen LogP contribution in [-0.4, -0.2) is 35.1 Å². The summed E-state index contributed by atoms with van der Waals surface area (Å²) in [6, 6.07) is 0. The Morgan fingerprint density at radius 2 is 1.92 bits per heavy atom. The van der Waals surface area contributed by atoms with Crippen molar-refractivity contribution in [1.29, 1.82) is 0 Å². The highest BCUT2D eigenvalue weighted by Crippen LogP contribution is 2.31. The number of rotatable bonds is 1. The summed E-state index contributed by atoms with van der Waals surface area (Å²) in [5.74, 6) is -0.844. The molecule has 1 heterocycles. The van der Waals surface area contributed by atoms with E-state index in [-0.39, 0.29) is 18.6 Å². The maximum atomic E-state index is 13.3. The van der Waals surface area contributed by atoms with Crippen LogP contribution >= 0.6 is 0 Å². The molecule has 0 saturated carbocycles. The van der Waals surface area contributed by atoms with Gasteiger partial charge in [-0.1, -0.05) is 0 Å². The summed E-state index contributed by atoms with van der Waals surface area (Å²) < 4.78 is 13.3. The van der Waals surface area contributed by atoms with Crippen LogP contribution in [0, 0.1) is 0 Å². The van der Waals surface area contributed by atoms with Crippen molar-refractivity contribution in [2.45, 2.75) is 32.0 Å². The molecule has 1 amide bonds. The molecule has 0 spiro atoms. The summed E-state index contributed by atoms with van der Waals surface area (Å²) in [5, 5.41) is 0. The first-order valence-electron chi connectivity index (χ1n) is 3.99. The molecule has 1 saturated heterocycles. The van der Waals surface area contributed by atoms with E-state index in [1.807, 2.05) is 25.7 Å². The second-order valence-corrected chi connectivity index (χ2v) is 4.36. The Kier molecular flexibility index (Phi) is 1.91. The molecule has 2 N–H and O–H groups in total. The first-order valence-corrected chi connectivity index (χ1v) is 3.99. The third kappa shape index (κ3) is 1.43. The van der Waals surface area contributed by atoms with E-state index in [4.69, 9.17) is 5.73 Å². The fourth-order valence-corrected chi connectivity index (χ4v) is 1.19. The zero-order chi connectivity index (χ0) is 9.57. The van der Waals surface area contributed by atoms with Crippen LogP contribution < -0.4 is 5.73 Å². The van der Waals surface area contributed by atoms with Crippen LogP contribution in [-0.2, 0) is 4.79 Å². The Hall–Kier alpha value is -0.640. The quantitative estimate of drug-likeness (QED) is 0.621. The molecule has 1 aliphatic heterocycles. The Labute approximate surface area is 71.7 Å². The van der Waals surface area contributed by atoms with Gasteiger partial charge in [0.15, 0.2) is 0 Å². The normalized spacial score (nSPS) is 23.3. The van der Waals surface area contributed by atoms with Gasteiger partial charge in [0.25, 0.3) is 5.91 Å². The molecule has 1 fully saturated rings. The zero-order valence-corrected chi connectivity index (χ0v) is 7.72. The van der Waals surface area contributed by atoms with Gasteiger partial charge in [-0.05, 0) is 20.8 Å². The van der Waals surface area contributed by atoms with Gasteiger partial charge in [0.1, 0.15) is 0 Å². The lowest BCUT2D eigenvalue weighted by molar-refractivity contribution is -0.147. The molecule has 0 aliphatic carbocycles. The third-order valence-electron chi connectivity index (χ3n) is 2.27. The van der Waals surface area contributed by atoms with Crippen LogP contribution in [0.3, 0.4) is 0 Å². The number of halogens is 1. The van der Waals surface area contributed by atoms with Crippen molar-refractivity contribution in [2.75, 3.05) is 13.1 Å². The molecule has 0 aromatic carbocycles. The number of hydrogen-bond acceptors (Lipinski definition) is 2. The minimum atomic E-state index is -1.78. The van der Waals surface area contributed by atoms with E-state index >= 15 is 0 Å². The smallest absolute Gasteiger partial charge is 0.257 e. The number of nitrogens with zero attached hydrogens (tertiary/aromatic N) is 1. The predicted octanol–water partition coefficient (Wildman–Crippen LogP) is 0.294. The third-order valence-corrected chi connectivity index (χ3v) is 2.27. The van der Waals surface area contributed by atoms with Crippen molar-refractivity contribution in [3.63, 3.8) is 0 Å². The average molecular weight is 174 g/mol. The topological polar surface area (TPSA) is 46.3 Å². The van der Waals surface area contributed by atoms with Gasteiger partial charge in [-0.2, -0.15) is 0 Å². The highest BCUT2D eigenvalue weighted by molar-refractivity contribution is 5.85. The molecule has 0 unspecified atom stereocenters. The van der Waals surface area contributed by atoms with Gasteiger partial charge in [-0.15, -0.1) is 0 Å². The van der Waals surface area contributed by atoms with E-state index in [0.29, 0.717) is 0 Å². The molecule has 4 heteroatoms. The number of primary amides is 1. The maximum Gasteiger partial charge on any atom is 0.257 e. The van der Waals surface area contributed by atoms with Crippen LogP contribution in [0.2, 0.25) is 0 Å². The summed E-state index contributed by atoms with van der Waals surface area (Å²) in [6.45, 7) is 6.20. The van der Waals surface area contributed by atoms with Crippen molar-refractivity contribution >= 4 is 5.91 Å². The summed E-state index contributed by atoms with van der Waals surface area (Å²) in [6.07, 6.45) is 0. The lowest BCUT2D eigenvalue weighted by atomic mass is 9.89. The van der Waals surface area contributed by atoms with Crippen LogP contribution in [0.1, 0.15) is 20.8 Å². The number of alkyl halides is 1. The van der Waals surface area contributed by atoms with Crippen molar-refractivity contribution in [3.05, 3.63) is 0 Å². The van der Waals surface area contributed by atoms with Crippen LogP contribution in [0.4, 0.5) is 4.39 Å². The molecule has 1 rings (SSSR count). The fraction of sp³-hybridized carbons (Fsp3) is 0.875. The minimum absolute atomic E-state index is 0.0783. The number of amides is 1. The molecular formula is C8H15FN2O. The van der Waals surface area contributed by atoms with Crippen molar-refractivity contribution in [2.24, 2.45) is 5.73 Å². The highest BCUT2D eigenvalue weighted by atomic mass is 19.1. The lowest BCUT2D eigenvalue weighted by Gasteiger charge is -2.49. The van der Waals surface area contributed by atoms with Gasteiger partial charge in [0.2, 0.25) is 5.67 Å². The van der Waals surface area contributed by atoms with Gasteiger partial charge in [0.05, 0.1) is 0 Å². The number of carbonyl (C=O) groups is 1. The second kappa shape index (κ2) is 2.42. The molecule has 0 aromatic rings. The summed E-state index contributed by atoms with van der Waals surface area (Å²) >= 11 is 0. The zero-order valence-electron chi connectivity index (χ0n) is 7.72. The highest BCUT2D eigenvalue weighted by Gasteiger charge is 2.51. The molecule has 70 valence electrons. The predicted molar refractivity (Wildman–Crippen MR) is 44.4 cm³/mol. The van der Waals surface area contributed by atoms with Gasteiger partial charge in [0, 0.05) is 18.6 Å². The molecule has 0 bridgehead atoms. The van der Waals surface area contributed by atoms with E-state index in [0.717, 1.165) is 0 Å². The van der Waals surface area contributed by atoms with E-state index in [1.165, 1.54) is 0 Å².